The van der Waals surface area contributed by atoms with Crippen LogP contribution >= 0.6 is 0 Å². The van der Waals surface area contributed by atoms with Crippen LogP contribution in [0.15, 0.2) is 18.2 Å². The third-order valence-electron chi connectivity index (χ3n) is 3.09. The van der Waals surface area contributed by atoms with Crippen molar-refractivity contribution in [2.45, 2.75) is 26.7 Å². The van der Waals surface area contributed by atoms with Gasteiger partial charge in [-0.05, 0) is 24.5 Å². The van der Waals surface area contributed by atoms with Gasteiger partial charge in [0.25, 0.3) is 0 Å². The van der Waals surface area contributed by atoms with Crippen molar-refractivity contribution in [3.63, 3.8) is 0 Å². The quantitative estimate of drug-likeness (QED) is 0.834. The number of ether oxygens (including phenoxy) is 1. The Kier molecular flexibility index (Phi) is 3.36. The van der Waals surface area contributed by atoms with Crippen molar-refractivity contribution in [2.24, 2.45) is 7.05 Å². The minimum atomic E-state index is 0.407. The third-order valence-corrected chi connectivity index (χ3v) is 3.09. The van der Waals surface area contributed by atoms with E-state index in [1.165, 1.54) is 5.56 Å². The first kappa shape index (κ1) is 12.6. The number of methoxy groups -OCH3 is 1. The van der Waals surface area contributed by atoms with Crippen LogP contribution in [0.3, 0.4) is 0 Å². The largest absolute Gasteiger partial charge is 0.496 e. The second-order valence-corrected chi connectivity index (χ2v) is 4.69. The molecular weight excluding hydrogens is 226 g/mol. The fourth-order valence-corrected chi connectivity index (χ4v) is 1.99. The number of rotatable bonds is 3. The van der Waals surface area contributed by atoms with E-state index in [9.17, 15) is 0 Å². The maximum Gasteiger partial charge on any atom is 0.185 e. The van der Waals surface area contributed by atoms with Gasteiger partial charge in [0.2, 0.25) is 0 Å². The van der Waals surface area contributed by atoms with E-state index in [4.69, 9.17) is 4.74 Å². The van der Waals surface area contributed by atoms with Crippen molar-refractivity contribution < 1.29 is 4.74 Å². The van der Waals surface area contributed by atoms with Gasteiger partial charge < -0.3 is 4.74 Å². The Balaban J connectivity index is 2.60. The predicted molar refractivity (Wildman–Crippen MR) is 71.8 cm³/mol. The molecule has 4 nitrogen and oxygen atoms in total. The molecule has 0 unspecified atom stereocenters. The molecule has 0 fully saturated rings. The lowest BCUT2D eigenvalue weighted by atomic mass is 9.99. The minimum Gasteiger partial charge on any atom is -0.496 e. The highest BCUT2D eigenvalue weighted by molar-refractivity contribution is 5.66. The third kappa shape index (κ3) is 2.10. The molecule has 96 valence electrons. The van der Waals surface area contributed by atoms with Gasteiger partial charge in [-0.25, -0.2) is 4.98 Å². The topological polar surface area (TPSA) is 39.9 Å². The van der Waals surface area contributed by atoms with Crippen LogP contribution in [-0.4, -0.2) is 21.9 Å². The van der Waals surface area contributed by atoms with Gasteiger partial charge in [0.1, 0.15) is 11.6 Å². The van der Waals surface area contributed by atoms with Crippen molar-refractivity contribution in [1.29, 1.82) is 0 Å². The number of hydrogen-bond donors (Lipinski definition) is 0. The van der Waals surface area contributed by atoms with E-state index in [2.05, 4.69) is 30.0 Å². The predicted octanol–water partition coefficient (Wildman–Crippen LogP) is 2.92. The van der Waals surface area contributed by atoms with Crippen molar-refractivity contribution in [1.82, 2.24) is 14.8 Å². The van der Waals surface area contributed by atoms with Crippen LogP contribution in [-0.2, 0) is 7.05 Å². The van der Waals surface area contributed by atoms with E-state index in [1.807, 2.05) is 26.1 Å². The van der Waals surface area contributed by atoms with Crippen LogP contribution in [0.5, 0.6) is 5.75 Å². The van der Waals surface area contributed by atoms with E-state index in [-0.39, 0.29) is 0 Å². The molecule has 0 N–H and O–H groups in total. The summed E-state index contributed by atoms with van der Waals surface area (Å²) < 4.78 is 7.33. The number of aryl methyl sites for hydroxylation is 2. The lowest BCUT2D eigenvalue weighted by molar-refractivity contribution is 0.409. The van der Waals surface area contributed by atoms with Crippen molar-refractivity contribution in [3.8, 4) is 17.1 Å². The van der Waals surface area contributed by atoms with Crippen LogP contribution in [0.1, 0.15) is 31.2 Å². The first-order valence-corrected chi connectivity index (χ1v) is 6.09. The highest BCUT2D eigenvalue weighted by atomic mass is 16.5. The first-order valence-electron chi connectivity index (χ1n) is 6.09. The molecule has 0 bridgehead atoms. The average molecular weight is 245 g/mol. The van der Waals surface area contributed by atoms with Gasteiger partial charge in [0.05, 0.1) is 12.7 Å². The van der Waals surface area contributed by atoms with Gasteiger partial charge in [-0.2, -0.15) is 5.10 Å². The summed E-state index contributed by atoms with van der Waals surface area (Å²) in [6, 6.07) is 6.11. The van der Waals surface area contributed by atoms with Gasteiger partial charge in [0.15, 0.2) is 5.82 Å². The summed E-state index contributed by atoms with van der Waals surface area (Å²) in [6.07, 6.45) is 0. The molecule has 18 heavy (non-hydrogen) atoms. The summed E-state index contributed by atoms with van der Waals surface area (Å²) >= 11 is 0. The zero-order valence-electron chi connectivity index (χ0n) is 11.6. The van der Waals surface area contributed by atoms with Crippen molar-refractivity contribution in [2.75, 3.05) is 7.11 Å². The molecule has 0 spiro atoms. The van der Waals surface area contributed by atoms with Crippen LogP contribution in [0.4, 0.5) is 0 Å². The van der Waals surface area contributed by atoms with Gasteiger partial charge >= 0.3 is 0 Å². The van der Waals surface area contributed by atoms with Crippen LogP contribution in [0.2, 0.25) is 0 Å². The molecule has 0 aliphatic rings. The van der Waals surface area contributed by atoms with Gasteiger partial charge in [-0.3, -0.25) is 4.68 Å². The molecule has 0 aliphatic heterocycles. The Bertz CT molecular complexity index is 539. The molecule has 1 heterocycles. The van der Waals surface area contributed by atoms with Crippen molar-refractivity contribution >= 4 is 0 Å². The van der Waals surface area contributed by atoms with E-state index < -0.39 is 0 Å². The Morgan fingerprint density at radius 1 is 1.28 bits per heavy atom. The van der Waals surface area contributed by atoms with E-state index >= 15 is 0 Å². The Morgan fingerprint density at radius 3 is 2.50 bits per heavy atom. The molecule has 2 aromatic rings. The Morgan fingerprint density at radius 2 is 2.00 bits per heavy atom. The summed E-state index contributed by atoms with van der Waals surface area (Å²) in [6.45, 7) is 6.24. The highest BCUT2D eigenvalue weighted by Crippen LogP contribution is 2.35. The monoisotopic (exact) mass is 245 g/mol. The highest BCUT2D eigenvalue weighted by Gasteiger charge is 2.16. The molecule has 0 aliphatic carbocycles. The maximum atomic E-state index is 5.55. The second-order valence-electron chi connectivity index (χ2n) is 4.69. The lowest BCUT2D eigenvalue weighted by Gasteiger charge is -2.14. The summed E-state index contributed by atoms with van der Waals surface area (Å²) in [5.74, 6) is 2.89. The SMILES string of the molecule is COc1c(-c2nc(C)n(C)n2)cccc1C(C)C. The Labute approximate surface area is 108 Å². The standard InChI is InChI=1S/C14H19N3O/c1-9(2)11-7-6-8-12(13(11)18-5)14-15-10(3)17(4)16-14/h6-9H,1-5H3. The van der Waals surface area contributed by atoms with Crippen molar-refractivity contribution in [3.05, 3.63) is 29.6 Å². The fraction of sp³-hybridized carbons (Fsp3) is 0.429. The van der Waals surface area contributed by atoms with E-state index in [1.54, 1.807) is 11.8 Å². The number of aromatic nitrogens is 3. The fourth-order valence-electron chi connectivity index (χ4n) is 1.99. The van der Waals surface area contributed by atoms with Crippen LogP contribution < -0.4 is 4.74 Å². The number of nitrogens with zero attached hydrogens (tertiary/aromatic N) is 3. The molecule has 0 saturated carbocycles. The van der Waals surface area contributed by atoms with Gasteiger partial charge in [-0.15, -0.1) is 0 Å². The summed E-state index contributed by atoms with van der Waals surface area (Å²) in [4.78, 5) is 4.46. The van der Waals surface area contributed by atoms with E-state index in [0.717, 1.165) is 17.1 Å². The van der Waals surface area contributed by atoms with Crippen LogP contribution in [0, 0.1) is 6.92 Å². The molecule has 0 amide bonds. The second kappa shape index (κ2) is 4.80. The number of hydrogen-bond acceptors (Lipinski definition) is 3. The lowest BCUT2D eigenvalue weighted by Crippen LogP contribution is -1.98. The average Bonchev–Trinajstić information content (AvgIpc) is 2.68. The molecule has 0 radical (unpaired) electrons. The Hall–Kier alpha value is -1.84. The van der Waals surface area contributed by atoms with Gasteiger partial charge in [0, 0.05) is 7.05 Å². The first-order chi connectivity index (χ1) is 8.54. The molecule has 1 aromatic carbocycles. The summed E-state index contributed by atoms with van der Waals surface area (Å²) in [5, 5.41) is 4.42. The van der Waals surface area contributed by atoms with E-state index in [0.29, 0.717) is 11.7 Å². The number of para-hydroxylation sites is 1. The van der Waals surface area contributed by atoms with Gasteiger partial charge in [-0.1, -0.05) is 26.0 Å². The minimum absolute atomic E-state index is 0.407. The maximum absolute atomic E-state index is 5.55. The zero-order valence-corrected chi connectivity index (χ0v) is 11.6. The molecule has 1 aromatic heterocycles. The van der Waals surface area contributed by atoms with Crippen LogP contribution in [0.25, 0.3) is 11.4 Å². The molecule has 0 saturated heterocycles. The molecule has 0 atom stereocenters. The smallest absolute Gasteiger partial charge is 0.185 e. The normalized spacial score (nSPS) is 11.0. The number of benzene rings is 1. The summed E-state index contributed by atoms with van der Waals surface area (Å²) in [5.41, 5.74) is 2.13. The molecular formula is C14H19N3O. The zero-order chi connectivity index (χ0) is 13.3. The molecule has 2 rings (SSSR count). The molecule has 4 heteroatoms. The summed E-state index contributed by atoms with van der Waals surface area (Å²) in [7, 11) is 3.59.